The van der Waals surface area contributed by atoms with Crippen molar-refractivity contribution in [1.82, 2.24) is 19.9 Å². The number of imidazole rings is 2. The summed E-state index contributed by atoms with van der Waals surface area (Å²) < 4.78 is 47.6. The maximum atomic E-state index is 11.7. The molecule has 5 aromatic heterocycles. The molecule has 6 aromatic carbocycles. The van der Waals surface area contributed by atoms with Gasteiger partial charge in [0.25, 0.3) is 0 Å². The van der Waals surface area contributed by atoms with E-state index in [9.17, 15) is 19.5 Å². The van der Waals surface area contributed by atoms with Crippen LogP contribution in [0.15, 0.2) is 180 Å². The summed E-state index contributed by atoms with van der Waals surface area (Å²) in [5.74, 6) is 4.53. The number of nitrogens with one attached hydrogen (secondary N) is 2. The van der Waals surface area contributed by atoms with Crippen molar-refractivity contribution in [1.29, 1.82) is 0 Å². The first-order chi connectivity index (χ1) is 47.9. The Morgan fingerprint density at radius 3 is 1.03 bits per heavy atom. The number of H-pyrrole nitrogens is 2. The van der Waals surface area contributed by atoms with Crippen molar-refractivity contribution in [2.75, 3.05) is 14.2 Å². The number of aldehydes is 1. The molecule has 11 aromatic rings. The molecule has 16 nitrogen and oxygen atoms in total. The Bertz CT molecular complexity index is 4430. The number of Topliss-reactive ketones (excluding diaryl/α,β-unsaturated/α-hetero) is 2. The highest BCUT2D eigenvalue weighted by Gasteiger charge is 2.29. The van der Waals surface area contributed by atoms with Gasteiger partial charge in [-0.1, -0.05) is 109 Å². The summed E-state index contributed by atoms with van der Waals surface area (Å²) in [6, 6.07) is 51.5. The Kier molecular flexibility index (Phi) is 25.0. The molecule has 19 heteroatoms. The number of hydrogen-bond donors (Lipinski definition) is 3. The predicted molar refractivity (Wildman–Crippen MR) is 414 cm³/mol. The lowest BCUT2D eigenvalue weighted by atomic mass is 10.1. The number of phenolic OH excluding ortho intramolecular Hbond substituents is 1. The van der Waals surface area contributed by atoms with E-state index in [-0.39, 0.29) is 5.75 Å². The lowest BCUT2D eigenvalue weighted by Gasteiger charge is -2.27. The zero-order valence-electron chi connectivity index (χ0n) is 62.0. The fourth-order valence-electron chi connectivity index (χ4n) is 10.0. The highest BCUT2D eigenvalue weighted by Crippen LogP contribution is 2.48. The average Bonchev–Trinajstić information content (AvgIpc) is 1.59. The fourth-order valence-corrected chi connectivity index (χ4v) is 12.1. The van der Waals surface area contributed by atoms with Gasteiger partial charge in [0.15, 0.2) is 34.5 Å². The minimum absolute atomic E-state index is 0.0167. The number of thiophene rings is 3. The van der Waals surface area contributed by atoms with Gasteiger partial charge in [-0.2, -0.15) is 0 Å². The normalized spacial score (nSPS) is 11.7. The number of phenols is 1. The third kappa shape index (κ3) is 22.3. The molecule has 0 radical (unpaired) electrons. The first-order valence-corrected chi connectivity index (χ1v) is 36.0. The molecule has 102 heavy (non-hydrogen) atoms. The van der Waals surface area contributed by atoms with Gasteiger partial charge in [-0.3, -0.25) is 14.4 Å². The largest absolute Gasteiger partial charge is 0.502 e. The molecule has 0 aliphatic carbocycles. The van der Waals surface area contributed by atoms with Crippen molar-refractivity contribution in [3.05, 3.63) is 196 Å². The van der Waals surface area contributed by atoms with Gasteiger partial charge < -0.3 is 53.0 Å². The van der Waals surface area contributed by atoms with E-state index < -0.39 is 45.2 Å². The molecule has 0 bridgehead atoms. The summed E-state index contributed by atoms with van der Waals surface area (Å²) in [4.78, 5) is 54.3. The first-order valence-electron chi connectivity index (χ1n) is 33.4. The van der Waals surface area contributed by atoms with Crippen molar-refractivity contribution in [2.45, 2.75) is 158 Å². The zero-order chi connectivity index (χ0) is 74.5. The Balaban J connectivity index is 0.000000181. The van der Waals surface area contributed by atoms with Gasteiger partial charge in [0.2, 0.25) is 28.8 Å². The second-order valence-corrected chi connectivity index (χ2v) is 32.4. The zero-order valence-corrected chi connectivity index (χ0v) is 64.4. The third-order valence-electron chi connectivity index (χ3n) is 13.7. The maximum absolute atomic E-state index is 11.7. The number of benzene rings is 6. The molecule has 0 fully saturated rings. The lowest BCUT2D eigenvalue weighted by Crippen LogP contribution is -2.25. The van der Waals surface area contributed by atoms with E-state index in [1.165, 1.54) is 11.3 Å². The number of methoxy groups -OCH3 is 2. The number of rotatable bonds is 18. The van der Waals surface area contributed by atoms with E-state index in [0.29, 0.717) is 67.8 Å². The van der Waals surface area contributed by atoms with Crippen molar-refractivity contribution >= 4 is 51.9 Å². The highest BCUT2D eigenvalue weighted by atomic mass is 32.1. The number of carbonyl (C=O) groups is 3. The van der Waals surface area contributed by atoms with E-state index >= 15 is 0 Å². The lowest BCUT2D eigenvalue weighted by molar-refractivity contribution is 0.0819. The maximum Gasteiger partial charge on any atom is 0.243 e. The van der Waals surface area contributed by atoms with Crippen LogP contribution in [0.4, 0.5) is 0 Å². The first kappa shape index (κ1) is 77.8. The van der Waals surface area contributed by atoms with Crippen LogP contribution in [0.25, 0.3) is 66.4 Å². The molecule has 3 N–H and O–H groups in total. The molecule has 536 valence electrons. The quantitative estimate of drug-likeness (QED) is 0.0416. The van der Waals surface area contributed by atoms with E-state index in [1.54, 1.807) is 90.8 Å². The van der Waals surface area contributed by atoms with Gasteiger partial charge in [-0.15, -0.1) is 34.0 Å². The van der Waals surface area contributed by atoms with Gasteiger partial charge in [0.05, 0.1) is 51.6 Å². The van der Waals surface area contributed by atoms with Crippen LogP contribution in [0, 0.1) is 0 Å². The number of aromatic hydroxyl groups is 1. The second-order valence-electron chi connectivity index (χ2n) is 29.6. The van der Waals surface area contributed by atoms with Crippen molar-refractivity contribution < 1.29 is 57.4 Å². The third-order valence-corrected chi connectivity index (χ3v) is 16.4. The minimum Gasteiger partial charge on any atom is -0.502 e. The number of aromatic amines is 2. The van der Waals surface area contributed by atoms with Gasteiger partial charge in [0, 0.05) is 33.4 Å². The molecule has 0 saturated carbocycles. The highest BCUT2D eigenvalue weighted by molar-refractivity contribution is 7.14. The Labute approximate surface area is 612 Å². The van der Waals surface area contributed by atoms with Crippen molar-refractivity contribution in [3.8, 4) is 118 Å². The van der Waals surface area contributed by atoms with Crippen molar-refractivity contribution in [3.63, 3.8) is 0 Å². The van der Waals surface area contributed by atoms with Crippen LogP contribution >= 0.6 is 34.0 Å². The Hall–Kier alpha value is -9.95. The second kappa shape index (κ2) is 32.8. The van der Waals surface area contributed by atoms with Crippen LogP contribution in [0.3, 0.4) is 0 Å². The molecular formula is C83H94N4O12S3. The standard InChI is InChI=1S/C28H32N2O3S.C27H30N2O3S.C16H24O4.C12H8O2S/c1-27(2,3)32-20-16-19(17-21(25(20)31-7)33-28(4,5)6)26-29-23(18-12-9-8-10-13-18)24(30-26)22-14-11-15-34-22;1-26(2,3)31-19-15-18(16-20(24(19)30)32-27(4,5)6)25-28-22(17-11-8-7-9-12-17)23(29-25)21-13-10-14-33-21;1-15(2,3)19-12-8-11(10-17)9-13(14(12)18-7)20-16(4,5)6;13-11(9-5-2-1-3-6-9)12(14)10-7-4-8-15-10/h8-17H,1-7H3,(H,29,30);7-16,30H,1-6H3,(H,28,29);8-10H,1-7H3;1-8H. The molecule has 5 heterocycles. The summed E-state index contributed by atoms with van der Waals surface area (Å²) >= 11 is 4.62. The summed E-state index contributed by atoms with van der Waals surface area (Å²) in [5, 5.41) is 16.8. The molecule has 0 aliphatic heterocycles. The predicted octanol–water partition coefficient (Wildman–Crippen LogP) is 22.0. The summed E-state index contributed by atoms with van der Waals surface area (Å²) in [7, 11) is 3.19. The minimum atomic E-state index is -0.490. The monoisotopic (exact) mass is 1430 g/mol. The molecule has 0 amide bonds. The molecular weight excluding hydrogens is 1340 g/mol. The number of aromatic nitrogens is 4. The summed E-state index contributed by atoms with van der Waals surface area (Å²) in [5.41, 5.74) is 5.77. The van der Waals surface area contributed by atoms with Gasteiger partial charge >= 0.3 is 0 Å². The molecule has 0 spiro atoms. The van der Waals surface area contributed by atoms with Gasteiger partial charge in [0.1, 0.15) is 51.5 Å². The van der Waals surface area contributed by atoms with Crippen LogP contribution in [0.2, 0.25) is 0 Å². The van der Waals surface area contributed by atoms with E-state index in [4.69, 9.17) is 47.9 Å². The fraction of sp³-hybridized carbons (Fsp3) is 0.313. The Morgan fingerprint density at radius 1 is 0.392 bits per heavy atom. The SMILES string of the molecule is CC(C)(C)Oc1cc(-c2nc(-c3ccccc3)c(-c3cccs3)[nH]2)cc(OC(C)(C)C)c1O.COc1c(OC(C)(C)C)cc(-c2nc(-c3ccccc3)c(-c3cccs3)[nH]2)cc1OC(C)(C)C.COc1c(OC(C)(C)C)cc(C=O)cc1OC(C)(C)C.O=C(C(=O)c1cccs1)c1ccccc1. The van der Waals surface area contributed by atoms with Crippen LogP contribution in [0.1, 0.15) is 155 Å². The molecule has 11 rings (SSSR count). The van der Waals surface area contributed by atoms with Crippen molar-refractivity contribution in [2.24, 2.45) is 0 Å². The van der Waals surface area contributed by atoms with Gasteiger partial charge in [-0.05, 0) is 195 Å². The molecule has 0 aliphatic rings. The molecule has 0 unspecified atom stereocenters. The number of hydrogen-bond acceptors (Lipinski definition) is 17. The molecule has 0 saturated heterocycles. The van der Waals surface area contributed by atoms with Crippen LogP contribution in [-0.2, 0) is 0 Å². The van der Waals surface area contributed by atoms with E-state index in [1.807, 2.05) is 203 Å². The topological polar surface area (TPSA) is 203 Å². The Morgan fingerprint density at radius 2 is 0.716 bits per heavy atom. The average molecular weight is 1440 g/mol. The summed E-state index contributed by atoms with van der Waals surface area (Å²) in [6.45, 7) is 35.3. The van der Waals surface area contributed by atoms with Crippen LogP contribution < -0.4 is 37.9 Å². The summed E-state index contributed by atoms with van der Waals surface area (Å²) in [6.07, 6.45) is 0.768. The molecule has 0 atom stereocenters. The number of nitrogens with zero attached hydrogens (tertiary/aromatic N) is 2. The van der Waals surface area contributed by atoms with E-state index in [2.05, 4.69) is 57.1 Å². The smallest absolute Gasteiger partial charge is 0.243 e. The number of ether oxygens (including phenoxy) is 8. The van der Waals surface area contributed by atoms with Crippen LogP contribution in [-0.4, -0.2) is 90.7 Å². The van der Waals surface area contributed by atoms with E-state index in [0.717, 1.165) is 66.9 Å². The number of carbonyl (C=O) groups excluding carboxylic acids is 3. The number of ketones is 2. The van der Waals surface area contributed by atoms with Crippen LogP contribution in [0.5, 0.6) is 51.7 Å². The van der Waals surface area contributed by atoms with Gasteiger partial charge in [-0.25, -0.2) is 9.97 Å².